The Labute approximate surface area is 658 Å². The first-order valence-electron chi connectivity index (χ1n) is 45.6. The van der Waals surface area contributed by atoms with Gasteiger partial charge < -0.3 is 33.8 Å². The zero-order valence-electron chi connectivity index (χ0n) is 70.3. The van der Waals surface area contributed by atoms with Gasteiger partial charge in [0, 0.05) is 25.7 Å². The third kappa shape index (κ3) is 81.9. The summed E-state index contributed by atoms with van der Waals surface area (Å²) < 4.78 is 68.9. The molecular weight excluding hydrogens is 1390 g/mol. The SMILES string of the molecule is CCCCCCCCCCCCCCCCCCCCCCC(=O)O[C@H](COC(=O)CCCCCCCCCCCCCCCCCCCCC)COP(=O)(O)OC[C@@H](O)COP(=O)(O)OC[C@@H](COC(=O)CCCCCCCCC(C)C)OC(=O)CCCCCCCCCCCCCCCCCCCCC. The van der Waals surface area contributed by atoms with E-state index in [-0.39, 0.29) is 25.7 Å². The fourth-order valence-electron chi connectivity index (χ4n) is 13.8. The Hall–Kier alpha value is -1.94. The van der Waals surface area contributed by atoms with Crippen molar-refractivity contribution in [3.8, 4) is 0 Å². The molecule has 0 aliphatic heterocycles. The lowest BCUT2D eigenvalue weighted by atomic mass is 10.0. The average Bonchev–Trinajstić information content (AvgIpc) is 0.907. The van der Waals surface area contributed by atoms with Crippen LogP contribution in [0.5, 0.6) is 0 Å². The maximum atomic E-state index is 13.2. The molecule has 19 heteroatoms. The maximum absolute atomic E-state index is 13.2. The number of hydrogen-bond donors (Lipinski definition) is 3. The van der Waals surface area contributed by atoms with E-state index in [4.69, 9.17) is 37.0 Å². The second kappa shape index (κ2) is 80.7. The predicted molar refractivity (Wildman–Crippen MR) is 442 cm³/mol. The minimum Gasteiger partial charge on any atom is -0.462 e. The van der Waals surface area contributed by atoms with Gasteiger partial charge in [-0.1, -0.05) is 426 Å². The summed E-state index contributed by atoms with van der Waals surface area (Å²) in [6.45, 7) is 7.29. The lowest BCUT2D eigenvalue weighted by Gasteiger charge is -2.21. The number of esters is 4. The molecule has 0 aromatic carbocycles. The zero-order valence-corrected chi connectivity index (χ0v) is 72.1. The molecule has 0 aromatic heterocycles. The Balaban J connectivity index is 5.20. The summed E-state index contributed by atoms with van der Waals surface area (Å²) in [7, 11) is -9.93. The molecule has 0 fully saturated rings. The molecule has 0 rings (SSSR count). The summed E-state index contributed by atoms with van der Waals surface area (Å²) in [5, 5.41) is 10.7. The molecule has 0 aliphatic carbocycles. The van der Waals surface area contributed by atoms with Gasteiger partial charge >= 0.3 is 39.5 Å². The van der Waals surface area contributed by atoms with Crippen LogP contribution in [0.15, 0.2) is 0 Å². The van der Waals surface area contributed by atoms with Gasteiger partial charge in [-0.25, -0.2) is 9.13 Å². The summed E-state index contributed by atoms with van der Waals surface area (Å²) in [5.41, 5.74) is 0. The van der Waals surface area contributed by atoms with Crippen LogP contribution in [0.3, 0.4) is 0 Å². The van der Waals surface area contributed by atoms with Crippen LogP contribution < -0.4 is 0 Å². The molecule has 2 unspecified atom stereocenters. The second-order valence-electron chi connectivity index (χ2n) is 32.1. The van der Waals surface area contributed by atoms with E-state index >= 15 is 0 Å². The second-order valence-corrected chi connectivity index (χ2v) is 35.0. The van der Waals surface area contributed by atoms with Crippen molar-refractivity contribution >= 4 is 39.5 Å². The van der Waals surface area contributed by atoms with E-state index in [1.54, 1.807) is 0 Å². The van der Waals surface area contributed by atoms with E-state index in [2.05, 4.69) is 34.6 Å². The summed E-state index contributed by atoms with van der Waals surface area (Å²) in [6, 6.07) is 0. The van der Waals surface area contributed by atoms with Crippen molar-refractivity contribution in [2.45, 2.75) is 496 Å². The minimum atomic E-state index is -4.97. The molecule has 0 amide bonds. The van der Waals surface area contributed by atoms with Crippen LogP contribution in [0.1, 0.15) is 478 Å². The largest absolute Gasteiger partial charge is 0.472 e. The number of hydrogen-bond acceptors (Lipinski definition) is 15. The normalized spacial score (nSPS) is 13.7. The fraction of sp³-hybridized carbons (Fsp3) is 0.955. The van der Waals surface area contributed by atoms with E-state index in [0.29, 0.717) is 31.6 Å². The number of unbranched alkanes of at least 4 members (excludes halogenated alkanes) is 60. The van der Waals surface area contributed by atoms with Crippen LogP contribution in [-0.4, -0.2) is 96.7 Å². The first kappa shape index (κ1) is 105. The average molecular weight is 1560 g/mol. The number of carbonyl (C=O) groups is 4. The van der Waals surface area contributed by atoms with Crippen molar-refractivity contribution in [3.05, 3.63) is 0 Å². The van der Waals surface area contributed by atoms with Crippen LogP contribution >= 0.6 is 15.6 Å². The summed E-state index contributed by atoms with van der Waals surface area (Å²) >= 11 is 0. The van der Waals surface area contributed by atoms with Gasteiger partial charge in [0.25, 0.3) is 0 Å². The van der Waals surface area contributed by atoms with Gasteiger partial charge in [-0.3, -0.25) is 37.3 Å². The molecule has 17 nitrogen and oxygen atoms in total. The van der Waals surface area contributed by atoms with Gasteiger partial charge in [0.15, 0.2) is 12.2 Å². The molecule has 5 atom stereocenters. The quantitative estimate of drug-likeness (QED) is 0.0222. The molecule has 3 N–H and O–H groups in total. The van der Waals surface area contributed by atoms with Crippen LogP contribution in [0, 0.1) is 5.92 Å². The van der Waals surface area contributed by atoms with Crippen molar-refractivity contribution in [1.82, 2.24) is 0 Å². The van der Waals surface area contributed by atoms with Crippen LogP contribution in [0.4, 0.5) is 0 Å². The van der Waals surface area contributed by atoms with Gasteiger partial charge in [-0.15, -0.1) is 0 Å². The Kier molecular flexibility index (Phi) is 79.2. The Morgan fingerprint density at radius 2 is 0.430 bits per heavy atom. The molecule has 0 heterocycles. The third-order valence-corrected chi connectivity index (χ3v) is 22.7. The Bertz CT molecular complexity index is 2030. The molecule has 107 heavy (non-hydrogen) atoms. The first-order valence-corrected chi connectivity index (χ1v) is 48.6. The topological polar surface area (TPSA) is 237 Å². The Morgan fingerprint density at radius 1 is 0.252 bits per heavy atom. The molecule has 0 spiro atoms. The highest BCUT2D eigenvalue weighted by molar-refractivity contribution is 7.47. The van der Waals surface area contributed by atoms with Crippen molar-refractivity contribution in [2.24, 2.45) is 5.92 Å². The minimum absolute atomic E-state index is 0.108. The molecular formula is C88H172O17P2. The number of ether oxygens (including phenoxy) is 4. The van der Waals surface area contributed by atoms with Gasteiger partial charge in [0.2, 0.25) is 0 Å². The Morgan fingerprint density at radius 3 is 0.636 bits per heavy atom. The molecule has 0 aliphatic rings. The van der Waals surface area contributed by atoms with Crippen molar-refractivity contribution in [2.75, 3.05) is 39.6 Å². The van der Waals surface area contributed by atoms with E-state index in [1.807, 2.05) is 0 Å². The summed E-state index contributed by atoms with van der Waals surface area (Å²) in [5.74, 6) is -1.42. The zero-order chi connectivity index (χ0) is 78.3. The molecule has 0 bridgehead atoms. The number of aliphatic hydroxyl groups is 1. The molecule has 0 aromatic rings. The monoisotopic (exact) mass is 1560 g/mol. The van der Waals surface area contributed by atoms with Crippen molar-refractivity contribution in [1.29, 1.82) is 0 Å². The highest BCUT2D eigenvalue weighted by Crippen LogP contribution is 2.45. The first-order chi connectivity index (χ1) is 52.0. The predicted octanol–water partition coefficient (Wildman–Crippen LogP) is 27.2. The number of rotatable bonds is 88. The summed E-state index contributed by atoms with van der Waals surface area (Å²) in [6.07, 6.45) is 75.3. The van der Waals surface area contributed by atoms with Gasteiger partial charge in [0.1, 0.15) is 19.3 Å². The fourth-order valence-corrected chi connectivity index (χ4v) is 15.4. The number of phosphoric ester groups is 2. The lowest BCUT2D eigenvalue weighted by Crippen LogP contribution is -2.30. The molecule has 636 valence electrons. The lowest BCUT2D eigenvalue weighted by molar-refractivity contribution is -0.161. The maximum Gasteiger partial charge on any atom is 0.472 e. The summed E-state index contributed by atoms with van der Waals surface area (Å²) in [4.78, 5) is 73.2. The van der Waals surface area contributed by atoms with E-state index in [9.17, 15) is 43.2 Å². The van der Waals surface area contributed by atoms with Crippen molar-refractivity contribution in [3.63, 3.8) is 0 Å². The van der Waals surface area contributed by atoms with Crippen molar-refractivity contribution < 1.29 is 80.2 Å². The van der Waals surface area contributed by atoms with E-state index in [1.165, 1.54) is 295 Å². The van der Waals surface area contributed by atoms with Crippen LogP contribution in [0.25, 0.3) is 0 Å². The van der Waals surface area contributed by atoms with Gasteiger partial charge in [0.05, 0.1) is 26.4 Å². The van der Waals surface area contributed by atoms with Crippen LogP contribution in [0.2, 0.25) is 0 Å². The smallest absolute Gasteiger partial charge is 0.462 e. The highest BCUT2D eigenvalue weighted by atomic mass is 31.2. The standard InChI is InChI=1S/C88H172O17P2/c1-6-9-12-15-18-21-24-27-30-33-36-39-42-45-48-51-54-57-63-68-73-87(92)104-83(77-98-85(90)71-66-61-55-52-49-46-43-40-37-34-31-28-25-22-19-16-13-10-7-2)79-102-106(94,95)100-75-82(89)76-101-107(96,97)103-80-84(78-99-86(91)72-67-62-59-58-60-65-70-81(4)5)105-88(93)74-69-64-56-53-50-47-44-41-38-35-32-29-26-23-20-17-14-11-8-3/h81-84,89H,6-80H2,1-5H3,(H,94,95)(H,96,97)/t82-,83-,84-/m1/s1. The molecule has 0 radical (unpaired) electrons. The molecule has 0 saturated heterocycles. The van der Waals surface area contributed by atoms with E-state index in [0.717, 1.165) is 96.3 Å². The number of phosphoric acid groups is 2. The number of aliphatic hydroxyl groups excluding tert-OH is 1. The van der Waals surface area contributed by atoms with E-state index < -0.39 is 97.5 Å². The third-order valence-electron chi connectivity index (χ3n) is 20.8. The van der Waals surface area contributed by atoms with Crippen LogP contribution in [-0.2, 0) is 65.4 Å². The number of carbonyl (C=O) groups excluding carboxylic acids is 4. The molecule has 0 saturated carbocycles. The van der Waals surface area contributed by atoms with Gasteiger partial charge in [-0.2, -0.15) is 0 Å². The van der Waals surface area contributed by atoms with Gasteiger partial charge in [-0.05, 0) is 31.6 Å². The highest BCUT2D eigenvalue weighted by Gasteiger charge is 2.30.